The highest BCUT2D eigenvalue weighted by molar-refractivity contribution is 5.87. The van der Waals surface area contributed by atoms with Crippen LogP contribution in [-0.4, -0.2) is 17.9 Å². The first-order chi connectivity index (χ1) is 11.3. The van der Waals surface area contributed by atoms with E-state index >= 15 is 0 Å². The molecule has 1 aliphatic rings. The topological polar surface area (TPSA) is 72.2 Å². The fourth-order valence-electron chi connectivity index (χ4n) is 3.25. The van der Waals surface area contributed by atoms with E-state index < -0.39 is 11.9 Å². The Morgan fingerprint density at radius 3 is 2.21 bits per heavy atom. The molecule has 0 heterocycles. The Balaban J connectivity index is 2.00. The minimum atomic E-state index is -0.639. The molecule has 1 aliphatic carbocycles. The van der Waals surface area contributed by atoms with Crippen molar-refractivity contribution in [3.63, 3.8) is 0 Å². The quantitative estimate of drug-likeness (QED) is 0.871. The zero-order valence-electron chi connectivity index (χ0n) is 15.1. The highest BCUT2D eigenvalue weighted by Gasteiger charge is 2.25. The number of nitrogens with two attached hydrogens (primary N) is 1. The van der Waals surface area contributed by atoms with Crippen molar-refractivity contribution in [3.05, 3.63) is 35.4 Å². The predicted octanol–water partition coefficient (Wildman–Crippen LogP) is 3.08. The first kappa shape index (κ1) is 18.5. The smallest absolute Gasteiger partial charge is 0.240 e. The van der Waals surface area contributed by atoms with Gasteiger partial charge in [0.15, 0.2) is 0 Å². The van der Waals surface area contributed by atoms with Crippen LogP contribution in [0.5, 0.6) is 0 Å². The van der Waals surface area contributed by atoms with Gasteiger partial charge in [-0.15, -0.1) is 0 Å². The number of amides is 2. The first-order valence-corrected chi connectivity index (χ1v) is 8.96. The molecular weight excluding hydrogens is 300 g/mol. The molecule has 3 N–H and O–H groups in total. The minimum absolute atomic E-state index is 0.0233. The van der Waals surface area contributed by atoms with Crippen LogP contribution in [0.15, 0.2) is 24.3 Å². The Morgan fingerprint density at radius 2 is 1.71 bits per heavy atom. The fourth-order valence-corrected chi connectivity index (χ4v) is 3.25. The van der Waals surface area contributed by atoms with Crippen LogP contribution in [0.1, 0.15) is 64.0 Å². The second kappa shape index (κ2) is 7.82. The number of carbonyl (C=O) groups excluding carboxylic acids is 2. The number of nitrogens with one attached hydrogen (secondary N) is 1. The Kier molecular flexibility index (Phi) is 6.03. The van der Waals surface area contributed by atoms with Crippen LogP contribution in [-0.2, 0) is 21.4 Å². The van der Waals surface area contributed by atoms with Crippen LogP contribution in [0, 0.1) is 5.92 Å². The van der Waals surface area contributed by atoms with Gasteiger partial charge in [-0.05, 0) is 29.4 Å². The SMILES string of the molecule is CC(C)(C)c1ccc(C[C@@H](NC(=O)C2CCCCC2)C(N)=O)cc1. The Morgan fingerprint density at radius 1 is 1.12 bits per heavy atom. The average molecular weight is 330 g/mol. The molecule has 2 amide bonds. The third-order valence-electron chi connectivity index (χ3n) is 4.90. The molecular formula is C20H30N2O2. The maximum atomic E-state index is 12.4. The van der Waals surface area contributed by atoms with Gasteiger partial charge in [0.1, 0.15) is 6.04 Å². The summed E-state index contributed by atoms with van der Waals surface area (Å²) in [6.45, 7) is 6.50. The normalized spacial score (nSPS) is 17.3. The van der Waals surface area contributed by atoms with Gasteiger partial charge in [0.25, 0.3) is 0 Å². The molecule has 0 aliphatic heterocycles. The molecule has 1 saturated carbocycles. The van der Waals surface area contributed by atoms with Gasteiger partial charge in [-0.3, -0.25) is 9.59 Å². The largest absolute Gasteiger partial charge is 0.368 e. The van der Waals surface area contributed by atoms with Gasteiger partial charge >= 0.3 is 0 Å². The lowest BCUT2D eigenvalue weighted by atomic mass is 9.86. The van der Waals surface area contributed by atoms with Crippen molar-refractivity contribution in [1.82, 2.24) is 5.32 Å². The van der Waals surface area contributed by atoms with Gasteiger partial charge in [0.05, 0.1) is 0 Å². The molecule has 0 aromatic heterocycles. The van der Waals surface area contributed by atoms with Crippen molar-refractivity contribution < 1.29 is 9.59 Å². The monoisotopic (exact) mass is 330 g/mol. The van der Waals surface area contributed by atoms with E-state index in [1.54, 1.807) is 0 Å². The van der Waals surface area contributed by atoms with Crippen molar-refractivity contribution >= 4 is 11.8 Å². The molecule has 1 aromatic carbocycles. The summed E-state index contributed by atoms with van der Waals surface area (Å²) in [6.07, 6.45) is 5.65. The molecule has 2 rings (SSSR count). The molecule has 0 saturated heterocycles. The zero-order chi connectivity index (χ0) is 17.7. The lowest BCUT2D eigenvalue weighted by Gasteiger charge is -2.24. The van der Waals surface area contributed by atoms with Gasteiger partial charge in [0.2, 0.25) is 11.8 Å². The summed E-state index contributed by atoms with van der Waals surface area (Å²) in [7, 11) is 0. The molecule has 1 aromatic rings. The number of carbonyl (C=O) groups is 2. The molecule has 0 bridgehead atoms. The number of rotatable bonds is 5. The number of hydrogen-bond acceptors (Lipinski definition) is 2. The van der Waals surface area contributed by atoms with Gasteiger partial charge in [-0.25, -0.2) is 0 Å². The second-order valence-electron chi connectivity index (χ2n) is 7.95. The lowest BCUT2D eigenvalue weighted by molar-refractivity contribution is -0.130. The van der Waals surface area contributed by atoms with Crippen molar-refractivity contribution in [1.29, 1.82) is 0 Å². The fraction of sp³-hybridized carbons (Fsp3) is 0.600. The van der Waals surface area contributed by atoms with E-state index in [9.17, 15) is 9.59 Å². The van der Waals surface area contributed by atoms with Gasteiger partial charge in [-0.2, -0.15) is 0 Å². The molecule has 1 fully saturated rings. The van der Waals surface area contributed by atoms with E-state index in [2.05, 4.69) is 38.2 Å². The lowest BCUT2D eigenvalue weighted by Crippen LogP contribution is -2.48. The van der Waals surface area contributed by atoms with E-state index in [1.165, 1.54) is 12.0 Å². The van der Waals surface area contributed by atoms with Gasteiger partial charge < -0.3 is 11.1 Å². The van der Waals surface area contributed by atoms with E-state index in [-0.39, 0.29) is 17.2 Å². The molecule has 4 heteroatoms. The molecule has 0 unspecified atom stereocenters. The molecule has 24 heavy (non-hydrogen) atoms. The summed E-state index contributed by atoms with van der Waals surface area (Å²) in [4.78, 5) is 24.1. The zero-order valence-corrected chi connectivity index (χ0v) is 15.1. The summed E-state index contributed by atoms with van der Waals surface area (Å²) in [5.41, 5.74) is 7.86. The first-order valence-electron chi connectivity index (χ1n) is 8.96. The van der Waals surface area contributed by atoms with Crippen LogP contribution < -0.4 is 11.1 Å². The van der Waals surface area contributed by atoms with E-state index in [0.29, 0.717) is 6.42 Å². The molecule has 0 radical (unpaired) electrons. The minimum Gasteiger partial charge on any atom is -0.368 e. The maximum absolute atomic E-state index is 12.4. The van der Waals surface area contributed by atoms with Crippen LogP contribution in [0.2, 0.25) is 0 Å². The van der Waals surface area contributed by atoms with Crippen molar-refractivity contribution in [3.8, 4) is 0 Å². The van der Waals surface area contributed by atoms with Crippen molar-refractivity contribution in [2.24, 2.45) is 11.7 Å². The van der Waals surface area contributed by atoms with E-state index in [0.717, 1.165) is 31.2 Å². The summed E-state index contributed by atoms with van der Waals surface area (Å²) in [5.74, 6) is -0.465. The summed E-state index contributed by atoms with van der Waals surface area (Å²) < 4.78 is 0. The number of hydrogen-bond donors (Lipinski definition) is 2. The third kappa shape index (κ3) is 5.08. The van der Waals surface area contributed by atoms with Crippen LogP contribution in [0.3, 0.4) is 0 Å². The third-order valence-corrected chi connectivity index (χ3v) is 4.90. The highest BCUT2D eigenvalue weighted by atomic mass is 16.2. The second-order valence-corrected chi connectivity index (χ2v) is 7.95. The molecule has 0 spiro atoms. The van der Waals surface area contributed by atoms with Crippen LogP contribution >= 0.6 is 0 Å². The van der Waals surface area contributed by atoms with Gasteiger partial charge in [0, 0.05) is 12.3 Å². The summed E-state index contributed by atoms with van der Waals surface area (Å²) in [6, 6.07) is 7.55. The van der Waals surface area contributed by atoms with Crippen LogP contribution in [0.4, 0.5) is 0 Å². The van der Waals surface area contributed by atoms with E-state index in [4.69, 9.17) is 5.73 Å². The summed E-state index contributed by atoms with van der Waals surface area (Å²) >= 11 is 0. The Hall–Kier alpha value is -1.84. The van der Waals surface area contributed by atoms with E-state index in [1.807, 2.05) is 12.1 Å². The number of benzene rings is 1. The van der Waals surface area contributed by atoms with Crippen molar-refractivity contribution in [2.75, 3.05) is 0 Å². The molecule has 132 valence electrons. The maximum Gasteiger partial charge on any atom is 0.240 e. The molecule has 4 nitrogen and oxygen atoms in total. The Bertz CT molecular complexity index is 566. The molecule has 1 atom stereocenters. The summed E-state index contributed by atoms with van der Waals surface area (Å²) in [5, 5.41) is 2.87. The van der Waals surface area contributed by atoms with Crippen LogP contribution in [0.25, 0.3) is 0 Å². The number of primary amides is 1. The standard InChI is InChI=1S/C20H30N2O2/c1-20(2,3)16-11-9-14(10-12-16)13-17(18(21)23)22-19(24)15-7-5-4-6-8-15/h9-12,15,17H,4-8,13H2,1-3H3,(H2,21,23)(H,22,24)/t17-/m1/s1. The van der Waals surface area contributed by atoms with Crippen molar-refractivity contribution in [2.45, 2.75) is 70.8 Å². The highest BCUT2D eigenvalue weighted by Crippen LogP contribution is 2.24. The van der Waals surface area contributed by atoms with Gasteiger partial charge in [-0.1, -0.05) is 64.3 Å². The predicted molar refractivity (Wildman–Crippen MR) is 96.5 cm³/mol. The average Bonchev–Trinajstić information content (AvgIpc) is 2.54. The Labute approximate surface area is 145 Å².